The Bertz CT molecular complexity index is 592. The van der Waals surface area contributed by atoms with E-state index in [1.807, 2.05) is 18.2 Å². The summed E-state index contributed by atoms with van der Waals surface area (Å²) >= 11 is 0. The first-order valence-electron chi connectivity index (χ1n) is 6.78. The third-order valence-electron chi connectivity index (χ3n) is 3.63. The summed E-state index contributed by atoms with van der Waals surface area (Å²) in [4.78, 5) is 6.80. The summed E-state index contributed by atoms with van der Waals surface area (Å²) in [5.41, 5.74) is 10.9. The highest BCUT2D eigenvalue weighted by molar-refractivity contribution is 5.56. The lowest BCUT2D eigenvalue weighted by Gasteiger charge is -2.31. The number of pyridine rings is 1. The highest BCUT2D eigenvalue weighted by Crippen LogP contribution is 2.29. The summed E-state index contributed by atoms with van der Waals surface area (Å²) in [6, 6.07) is 12.6. The van der Waals surface area contributed by atoms with Crippen LogP contribution in [0.2, 0.25) is 0 Å². The summed E-state index contributed by atoms with van der Waals surface area (Å²) in [5.74, 6) is 0.596. The first-order chi connectivity index (χ1) is 9.22. The molecular formula is C16H19N3. The standard InChI is InChI=1S/C16H19N3/c1-12-7-8-15-13(10-12)4-3-9-19(15)11-14-5-2-6-16(17)18-14/h2,5-8,10H,3-4,9,11H2,1H3,(H2,17,18). The van der Waals surface area contributed by atoms with Crippen LogP contribution in [0.25, 0.3) is 0 Å². The Morgan fingerprint density at radius 2 is 2.16 bits per heavy atom. The summed E-state index contributed by atoms with van der Waals surface area (Å²) in [6.07, 6.45) is 2.39. The normalized spacial score (nSPS) is 14.3. The van der Waals surface area contributed by atoms with Crippen molar-refractivity contribution in [2.45, 2.75) is 26.3 Å². The number of hydrogen-bond donors (Lipinski definition) is 1. The van der Waals surface area contributed by atoms with Crippen LogP contribution in [0, 0.1) is 6.92 Å². The van der Waals surface area contributed by atoms with Gasteiger partial charge in [0.05, 0.1) is 12.2 Å². The molecule has 98 valence electrons. The Hall–Kier alpha value is -2.03. The minimum absolute atomic E-state index is 0.596. The van der Waals surface area contributed by atoms with Gasteiger partial charge in [-0.1, -0.05) is 23.8 Å². The van der Waals surface area contributed by atoms with Crippen LogP contribution in [0.15, 0.2) is 36.4 Å². The summed E-state index contributed by atoms with van der Waals surface area (Å²) < 4.78 is 0. The molecule has 3 heteroatoms. The number of anilines is 2. The molecule has 2 heterocycles. The van der Waals surface area contributed by atoms with Gasteiger partial charge in [0.15, 0.2) is 0 Å². The van der Waals surface area contributed by atoms with Crippen LogP contribution in [0.5, 0.6) is 0 Å². The molecule has 3 nitrogen and oxygen atoms in total. The van der Waals surface area contributed by atoms with Crippen LogP contribution in [-0.2, 0) is 13.0 Å². The van der Waals surface area contributed by atoms with E-state index >= 15 is 0 Å². The van der Waals surface area contributed by atoms with Crippen LogP contribution in [0.3, 0.4) is 0 Å². The van der Waals surface area contributed by atoms with E-state index in [0.29, 0.717) is 5.82 Å². The van der Waals surface area contributed by atoms with Crippen molar-refractivity contribution in [1.29, 1.82) is 0 Å². The molecule has 0 saturated carbocycles. The molecule has 2 aromatic rings. The number of benzene rings is 1. The molecule has 2 N–H and O–H groups in total. The molecule has 1 aromatic heterocycles. The zero-order valence-electron chi connectivity index (χ0n) is 11.3. The third kappa shape index (κ3) is 2.55. The van der Waals surface area contributed by atoms with Crippen molar-refractivity contribution in [1.82, 2.24) is 4.98 Å². The third-order valence-corrected chi connectivity index (χ3v) is 3.63. The molecule has 19 heavy (non-hydrogen) atoms. The SMILES string of the molecule is Cc1ccc2c(c1)CCCN2Cc1cccc(N)n1. The van der Waals surface area contributed by atoms with E-state index in [1.54, 1.807) is 0 Å². The lowest BCUT2D eigenvalue weighted by atomic mass is 9.99. The van der Waals surface area contributed by atoms with E-state index in [1.165, 1.54) is 29.7 Å². The lowest BCUT2D eigenvalue weighted by molar-refractivity contribution is 0.684. The molecule has 0 saturated heterocycles. The van der Waals surface area contributed by atoms with Gasteiger partial charge in [-0.15, -0.1) is 0 Å². The maximum absolute atomic E-state index is 5.75. The van der Waals surface area contributed by atoms with Crippen LogP contribution < -0.4 is 10.6 Å². The van der Waals surface area contributed by atoms with Crippen LogP contribution in [-0.4, -0.2) is 11.5 Å². The van der Waals surface area contributed by atoms with Gasteiger partial charge in [-0.2, -0.15) is 0 Å². The molecule has 1 aliphatic heterocycles. The second kappa shape index (κ2) is 4.92. The molecule has 1 aliphatic rings. The number of nitrogen functional groups attached to an aromatic ring is 1. The smallest absolute Gasteiger partial charge is 0.123 e. The Labute approximate surface area is 114 Å². The van der Waals surface area contributed by atoms with Gasteiger partial charge in [0.1, 0.15) is 5.82 Å². The van der Waals surface area contributed by atoms with Crippen molar-refractivity contribution in [3.63, 3.8) is 0 Å². The van der Waals surface area contributed by atoms with Gasteiger partial charge in [0.2, 0.25) is 0 Å². The molecule has 0 atom stereocenters. The van der Waals surface area contributed by atoms with E-state index in [4.69, 9.17) is 5.73 Å². The van der Waals surface area contributed by atoms with Gasteiger partial charge in [-0.25, -0.2) is 4.98 Å². The van der Waals surface area contributed by atoms with Crippen molar-refractivity contribution in [3.05, 3.63) is 53.2 Å². The number of fused-ring (bicyclic) bond motifs is 1. The van der Waals surface area contributed by atoms with Gasteiger partial charge >= 0.3 is 0 Å². The molecule has 0 fully saturated rings. The maximum atomic E-state index is 5.75. The maximum Gasteiger partial charge on any atom is 0.123 e. The summed E-state index contributed by atoms with van der Waals surface area (Å²) in [5, 5.41) is 0. The van der Waals surface area contributed by atoms with Crippen molar-refractivity contribution >= 4 is 11.5 Å². The monoisotopic (exact) mass is 253 g/mol. The van der Waals surface area contributed by atoms with Gasteiger partial charge in [-0.05, 0) is 43.5 Å². The Morgan fingerprint density at radius 1 is 1.26 bits per heavy atom. The quantitative estimate of drug-likeness (QED) is 0.894. The van der Waals surface area contributed by atoms with Crippen molar-refractivity contribution in [2.24, 2.45) is 0 Å². The highest BCUT2D eigenvalue weighted by Gasteiger charge is 2.17. The second-order valence-electron chi connectivity index (χ2n) is 5.21. The average molecular weight is 253 g/mol. The predicted molar refractivity (Wildman–Crippen MR) is 79.2 cm³/mol. The largest absolute Gasteiger partial charge is 0.384 e. The van der Waals surface area contributed by atoms with E-state index in [-0.39, 0.29) is 0 Å². The zero-order valence-corrected chi connectivity index (χ0v) is 11.3. The zero-order chi connectivity index (χ0) is 13.2. The second-order valence-corrected chi connectivity index (χ2v) is 5.21. The lowest BCUT2D eigenvalue weighted by Crippen LogP contribution is -2.29. The number of hydrogen-bond acceptors (Lipinski definition) is 3. The van der Waals surface area contributed by atoms with Gasteiger partial charge in [0.25, 0.3) is 0 Å². The van der Waals surface area contributed by atoms with Crippen LogP contribution in [0.4, 0.5) is 11.5 Å². The number of rotatable bonds is 2. The Morgan fingerprint density at radius 3 is 3.00 bits per heavy atom. The van der Waals surface area contributed by atoms with Crippen LogP contribution in [0.1, 0.15) is 23.2 Å². The molecule has 0 unspecified atom stereocenters. The molecule has 0 radical (unpaired) electrons. The summed E-state index contributed by atoms with van der Waals surface area (Å²) in [7, 11) is 0. The predicted octanol–water partition coefficient (Wildman–Crippen LogP) is 2.93. The Balaban J connectivity index is 1.87. The number of nitrogens with two attached hydrogens (primary N) is 1. The van der Waals surface area contributed by atoms with E-state index in [2.05, 4.69) is 35.0 Å². The van der Waals surface area contributed by atoms with E-state index < -0.39 is 0 Å². The molecule has 0 aliphatic carbocycles. The number of aromatic nitrogens is 1. The molecule has 3 rings (SSSR count). The van der Waals surface area contributed by atoms with Gasteiger partial charge in [0, 0.05) is 12.2 Å². The van der Waals surface area contributed by atoms with Crippen LogP contribution >= 0.6 is 0 Å². The molecular weight excluding hydrogens is 234 g/mol. The molecule has 0 amide bonds. The topological polar surface area (TPSA) is 42.1 Å². The average Bonchev–Trinajstić information content (AvgIpc) is 2.38. The minimum Gasteiger partial charge on any atom is -0.384 e. The van der Waals surface area contributed by atoms with Gasteiger partial charge in [-0.3, -0.25) is 0 Å². The molecule has 0 bridgehead atoms. The highest BCUT2D eigenvalue weighted by atomic mass is 15.1. The fourth-order valence-electron chi connectivity index (χ4n) is 2.75. The molecule has 0 spiro atoms. The molecule has 1 aromatic carbocycles. The first kappa shape index (κ1) is 12.0. The minimum atomic E-state index is 0.596. The number of aryl methyl sites for hydroxylation is 2. The van der Waals surface area contributed by atoms with Gasteiger partial charge < -0.3 is 10.6 Å². The van der Waals surface area contributed by atoms with Crippen molar-refractivity contribution in [2.75, 3.05) is 17.2 Å². The Kier molecular flexibility index (Phi) is 3.11. The van der Waals surface area contributed by atoms with Crippen molar-refractivity contribution < 1.29 is 0 Å². The van der Waals surface area contributed by atoms with Crippen molar-refractivity contribution in [3.8, 4) is 0 Å². The van der Waals surface area contributed by atoms with E-state index in [0.717, 1.165) is 18.8 Å². The number of nitrogens with zero attached hydrogens (tertiary/aromatic N) is 2. The first-order valence-corrected chi connectivity index (χ1v) is 6.78. The van der Waals surface area contributed by atoms with E-state index in [9.17, 15) is 0 Å². The summed E-state index contributed by atoms with van der Waals surface area (Å²) in [6.45, 7) is 4.08. The fraction of sp³-hybridized carbons (Fsp3) is 0.312. The fourth-order valence-corrected chi connectivity index (χ4v) is 2.75.